The smallest absolute Gasteiger partial charge is 0.297 e. The number of rotatable bonds is 9. The summed E-state index contributed by atoms with van der Waals surface area (Å²) < 4.78 is 56.6. The number of nitrogens with one attached hydrogen (secondary N) is 1. The van der Waals surface area contributed by atoms with E-state index in [1.807, 2.05) is 38.1 Å². The van der Waals surface area contributed by atoms with E-state index in [4.69, 9.17) is 23.1 Å². The number of methoxy groups -OCH3 is 1. The van der Waals surface area contributed by atoms with E-state index >= 15 is 0 Å². The Morgan fingerprint density at radius 3 is 2.52 bits per heavy atom. The van der Waals surface area contributed by atoms with E-state index in [0.29, 0.717) is 23.5 Å². The van der Waals surface area contributed by atoms with Crippen molar-refractivity contribution >= 4 is 27.1 Å². The van der Waals surface area contributed by atoms with Gasteiger partial charge < -0.3 is 24.3 Å². The zero-order chi connectivity index (χ0) is 29.9. The standard InChI is InChI=1S/C29H35N5O7S/c1-19-6-12-24(13-7-19)42(35,36)39-16-23-15-38-29(3,4)41-20(2)28(40-23)34-18-33-25-26(31-17-32-27(25)34)30-14-21-8-10-22(37-5)11-9-21/h6-13,17-18,20,23,28H,14-16H2,1-5H3,(H,30,31,32)/t20-,23-,28+/m0/s1. The van der Waals surface area contributed by atoms with Crippen LogP contribution in [0, 0.1) is 6.92 Å². The van der Waals surface area contributed by atoms with Gasteiger partial charge >= 0.3 is 0 Å². The van der Waals surface area contributed by atoms with Crippen LogP contribution in [0.1, 0.15) is 38.1 Å². The molecule has 12 nitrogen and oxygen atoms in total. The quantitative estimate of drug-likeness (QED) is 0.278. The molecule has 0 bridgehead atoms. The monoisotopic (exact) mass is 597 g/mol. The minimum absolute atomic E-state index is 0.0376. The molecule has 1 saturated heterocycles. The Morgan fingerprint density at radius 2 is 1.81 bits per heavy atom. The Hall–Kier alpha value is -3.62. The minimum Gasteiger partial charge on any atom is -0.497 e. The van der Waals surface area contributed by atoms with Gasteiger partial charge in [0.1, 0.15) is 24.3 Å². The summed E-state index contributed by atoms with van der Waals surface area (Å²) in [6.07, 6.45) is 1.07. The Bertz CT molecular complexity index is 1610. The maximum absolute atomic E-state index is 12.9. The topological polar surface area (TPSA) is 136 Å². The first-order chi connectivity index (χ1) is 20.0. The van der Waals surface area contributed by atoms with Gasteiger partial charge in [0.15, 0.2) is 29.0 Å². The number of hydrogen-bond donors (Lipinski definition) is 1. The van der Waals surface area contributed by atoms with Crippen LogP contribution in [-0.2, 0) is 35.1 Å². The summed E-state index contributed by atoms with van der Waals surface area (Å²) in [7, 11) is -2.38. The van der Waals surface area contributed by atoms with Crippen molar-refractivity contribution in [2.75, 3.05) is 25.6 Å². The van der Waals surface area contributed by atoms with Crippen molar-refractivity contribution in [2.45, 2.75) is 63.4 Å². The molecule has 0 radical (unpaired) electrons. The SMILES string of the molecule is COc1ccc(CNc2ncnc3c2ncn3[C@@H]2O[C@H](COS(=O)(=O)c3ccc(C)cc3)COC(C)(C)O[C@H]2C)cc1. The molecule has 0 spiro atoms. The van der Waals surface area contributed by atoms with Crippen LogP contribution < -0.4 is 10.1 Å². The number of aromatic nitrogens is 4. The predicted octanol–water partition coefficient (Wildman–Crippen LogP) is 4.22. The van der Waals surface area contributed by atoms with Crippen molar-refractivity contribution in [1.82, 2.24) is 19.5 Å². The summed E-state index contributed by atoms with van der Waals surface area (Å²) in [5.74, 6) is 0.371. The van der Waals surface area contributed by atoms with E-state index in [9.17, 15) is 8.42 Å². The van der Waals surface area contributed by atoms with Gasteiger partial charge in [0.2, 0.25) is 0 Å². The number of aryl methyl sites for hydroxylation is 1. The van der Waals surface area contributed by atoms with Gasteiger partial charge in [-0.15, -0.1) is 0 Å². The third kappa shape index (κ3) is 6.88. The number of hydrogen-bond acceptors (Lipinski definition) is 11. The number of fused-ring (bicyclic) bond motifs is 1. The van der Waals surface area contributed by atoms with Gasteiger partial charge in [-0.05, 0) is 57.5 Å². The maximum Gasteiger partial charge on any atom is 0.297 e. The zero-order valence-electron chi connectivity index (χ0n) is 24.2. The molecule has 224 valence electrons. The van der Waals surface area contributed by atoms with Gasteiger partial charge in [-0.2, -0.15) is 8.42 Å². The third-order valence-corrected chi connectivity index (χ3v) is 8.09. The van der Waals surface area contributed by atoms with Crippen LogP contribution >= 0.6 is 0 Å². The fraction of sp³-hybridized carbons (Fsp3) is 0.414. The molecule has 0 aliphatic carbocycles. The minimum atomic E-state index is -4.01. The lowest BCUT2D eigenvalue weighted by atomic mass is 10.2. The molecular formula is C29H35N5O7S. The first-order valence-corrected chi connectivity index (χ1v) is 14.9. The molecule has 1 aliphatic heterocycles. The number of nitrogens with zero attached hydrogens (tertiary/aromatic N) is 4. The number of benzene rings is 2. The van der Waals surface area contributed by atoms with Crippen LogP contribution in [0.4, 0.5) is 5.82 Å². The maximum atomic E-state index is 12.9. The molecule has 3 heterocycles. The van der Waals surface area contributed by atoms with Crippen molar-refractivity contribution < 1.29 is 31.5 Å². The van der Waals surface area contributed by atoms with Gasteiger partial charge in [0.05, 0.1) is 31.5 Å². The summed E-state index contributed by atoms with van der Waals surface area (Å²) in [6.45, 7) is 7.61. The molecule has 2 aromatic carbocycles. The summed E-state index contributed by atoms with van der Waals surface area (Å²) in [6, 6.07) is 14.2. The van der Waals surface area contributed by atoms with Gasteiger partial charge in [-0.1, -0.05) is 29.8 Å². The van der Waals surface area contributed by atoms with Crippen molar-refractivity contribution in [1.29, 1.82) is 0 Å². The third-order valence-electron chi connectivity index (χ3n) is 6.79. The molecule has 0 saturated carbocycles. The van der Waals surface area contributed by atoms with E-state index in [2.05, 4.69) is 20.3 Å². The molecule has 42 heavy (non-hydrogen) atoms. The molecule has 1 aliphatic rings. The first kappa shape index (κ1) is 29.9. The van der Waals surface area contributed by atoms with Crippen LogP contribution in [0.5, 0.6) is 5.75 Å². The van der Waals surface area contributed by atoms with Crippen LogP contribution in [0.3, 0.4) is 0 Å². The normalized spacial score (nSPS) is 21.0. The van der Waals surface area contributed by atoms with Gasteiger partial charge in [-0.3, -0.25) is 8.75 Å². The van der Waals surface area contributed by atoms with E-state index in [0.717, 1.165) is 16.9 Å². The molecule has 0 amide bonds. The number of anilines is 1. The Kier molecular flexibility index (Phi) is 8.76. The van der Waals surface area contributed by atoms with E-state index in [-0.39, 0.29) is 18.1 Å². The molecule has 2 aromatic heterocycles. The average molecular weight is 598 g/mol. The predicted molar refractivity (Wildman–Crippen MR) is 154 cm³/mol. The zero-order valence-corrected chi connectivity index (χ0v) is 25.0. The lowest BCUT2D eigenvalue weighted by molar-refractivity contribution is -0.302. The highest BCUT2D eigenvalue weighted by molar-refractivity contribution is 7.86. The van der Waals surface area contributed by atoms with Crippen molar-refractivity contribution in [3.63, 3.8) is 0 Å². The van der Waals surface area contributed by atoms with Crippen LogP contribution in [0.15, 0.2) is 66.1 Å². The van der Waals surface area contributed by atoms with Crippen molar-refractivity contribution in [3.8, 4) is 5.75 Å². The van der Waals surface area contributed by atoms with Crippen LogP contribution in [0.2, 0.25) is 0 Å². The van der Waals surface area contributed by atoms with Crippen molar-refractivity contribution in [3.05, 3.63) is 72.3 Å². The Morgan fingerprint density at radius 1 is 1.07 bits per heavy atom. The van der Waals surface area contributed by atoms with Gasteiger partial charge in [-0.25, -0.2) is 15.0 Å². The highest BCUT2D eigenvalue weighted by Crippen LogP contribution is 2.31. The van der Waals surface area contributed by atoms with E-state index in [1.54, 1.807) is 44.0 Å². The average Bonchev–Trinajstić information content (AvgIpc) is 3.39. The molecule has 13 heteroatoms. The Labute approximate surface area is 245 Å². The number of ether oxygens (including phenoxy) is 4. The second kappa shape index (κ2) is 12.3. The largest absolute Gasteiger partial charge is 0.497 e. The molecular weight excluding hydrogens is 562 g/mol. The fourth-order valence-electron chi connectivity index (χ4n) is 4.59. The molecule has 4 aromatic rings. The molecule has 0 unspecified atom stereocenters. The molecule has 5 rings (SSSR count). The molecule has 3 atom stereocenters. The lowest BCUT2D eigenvalue weighted by Gasteiger charge is -2.39. The molecule has 1 N–H and O–H groups in total. The number of imidazole rings is 1. The fourth-order valence-corrected chi connectivity index (χ4v) is 5.53. The highest BCUT2D eigenvalue weighted by atomic mass is 32.2. The summed E-state index contributed by atoms with van der Waals surface area (Å²) in [5.41, 5.74) is 3.06. The highest BCUT2D eigenvalue weighted by Gasteiger charge is 2.36. The van der Waals surface area contributed by atoms with E-state index in [1.165, 1.54) is 18.5 Å². The summed E-state index contributed by atoms with van der Waals surface area (Å²) in [4.78, 5) is 13.5. The lowest BCUT2D eigenvalue weighted by Crippen LogP contribution is -2.45. The summed E-state index contributed by atoms with van der Waals surface area (Å²) >= 11 is 0. The van der Waals surface area contributed by atoms with Gasteiger partial charge in [0, 0.05) is 6.54 Å². The van der Waals surface area contributed by atoms with E-state index < -0.39 is 34.3 Å². The second-order valence-corrected chi connectivity index (χ2v) is 12.1. The Balaban J connectivity index is 1.37. The van der Waals surface area contributed by atoms with Crippen LogP contribution in [0.25, 0.3) is 11.2 Å². The summed E-state index contributed by atoms with van der Waals surface area (Å²) in [5, 5.41) is 3.32. The molecule has 1 fully saturated rings. The van der Waals surface area contributed by atoms with Gasteiger partial charge in [0.25, 0.3) is 10.1 Å². The first-order valence-electron chi connectivity index (χ1n) is 13.5. The van der Waals surface area contributed by atoms with Crippen LogP contribution in [-0.4, -0.2) is 66.3 Å². The second-order valence-electron chi connectivity index (χ2n) is 10.5. The van der Waals surface area contributed by atoms with Crippen molar-refractivity contribution in [2.24, 2.45) is 0 Å².